The fourth-order valence-electron chi connectivity index (χ4n) is 5.01. The van der Waals surface area contributed by atoms with E-state index >= 15 is 0 Å². The van der Waals surface area contributed by atoms with E-state index in [4.69, 9.17) is 9.47 Å². The van der Waals surface area contributed by atoms with E-state index in [1.165, 1.54) is 7.11 Å². The number of rotatable bonds is 6. The summed E-state index contributed by atoms with van der Waals surface area (Å²) < 4.78 is 10.2. The number of ether oxygens (including phenoxy) is 2. The fraction of sp³-hybridized carbons (Fsp3) is 0.636. The number of amides is 2. The molecule has 1 spiro atoms. The Kier molecular flexibility index (Phi) is 5.08. The average molecular weight is 386 g/mol. The van der Waals surface area contributed by atoms with Crippen LogP contribution >= 0.6 is 0 Å². The summed E-state index contributed by atoms with van der Waals surface area (Å²) >= 11 is 0. The van der Waals surface area contributed by atoms with Crippen LogP contribution in [0.15, 0.2) is 24.3 Å². The number of benzene rings is 1. The summed E-state index contributed by atoms with van der Waals surface area (Å²) in [5, 5.41) is 3.12. The monoisotopic (exact) mass is 386 g/mol. The van der Waals surface area contributed by atoms with Gasteiger partial charge in [-0.2, -0.15) is 0 Å². The zero-order valence-electron chi connectivity index (χ0n) is 16.8. The van der Waals surface area contributed by atoms with Gasteiger partial charge in [-0.25, -0.2) is 0 Å². The Labute approximate surface area is 166 Å². The summed E-state index contributed by atoms with van der Waals surface area (Å²) in [6.07, 6.45) is 5.95. The Bertz CT molecular complexity index is 733. The molecule has 1 heterocycles. The normalized spacial score (nSPS) is 24.4. The second-order valence-electron chi connectivity index (χ2n) is 8.56. The lowest BCUT2D eigenvalue weighted by Gasteiger charge is -2.54. The van der Waals surface area contributed by atoms with Gasteiger partial charge in [-0.3, -0.25) is 9.59 Å². The summed E-state index contributed by atoms with van der Waals surface area (Å²) in [4.78, 5) is 27.2. The van der Waals surface area contributed by atoms with Crippen LogP contribution < -0.4 is 10.1 Å². The average Bonchev–Trinajstić information content (AvgIpc) is 3.53. The minimum Gasteiger partial charge on any atom is -0.497 e. The molecule has 1 atom stereocenters. The Hall–Kier alpha value is -2.08. The number of carbonyl (C=O) groups is 2. The van der Waals surface area contributed by atoms with Crippen molar-refractivity contribution in [2.75, 3.05) is 33.9 Å². The predicted octanol–water partition coefficient (Wildman–Crippen LogP) is 2.26. The topological polar surface area (TPSA) is 67.9 Å². The summed E-state index contributed by atoms with van der Waals surface area (Å²) in [6, 6.07) is 8.17. The fourth-order valence-corrected chi connectivity index (χ4v) is 5.01. The van der Waals surface area contributed by atoms with E-state index in [2.05, 4.69) is 10.2 Å². The first-order valence-corrected chi connectivity index (χ1v) is 10.3. The van der Waals surface area contributed by atoms with Crippen LogP contribution in [0, 0.1) is 5.41 Å². The van der Waals surface area contributed by atoms with Gasteiger partial charge < -0.3 is 19.7 Å². The third-order valence-corrected chi connectivity index (χ3v) is 7.13. The van der Waals surface area contributed by atoms with Crippen molar-refractivity contribution in [2.24, 2.45) is 5.41 Å². The minimum absolute atomic E-state index is 0.0403. The van der Waals surface area contributed by atoms with Crippen LogP contribution in [-0.2, 0) is 19.7 Å². The highest BCUT2D eigenvalue weighted by atomic mass is 16.5. The molecule has 6 heteroatoms. The highest BCUT2D eigenvalue weighted by molar-refractivity contribution is 5.91. The van der Waals surface area contributed by atoms with Crippen molar-refractivity contribution in [3.05, 3.63) is 29.8 Å². The maximum atomic E-state index is 13.3. The number of nitrogens with zero attached hydrogens (tertiary/aromatic N) is 1. The molecule has 0 aromatic heterocycles. The van der Waals surface area contributed by atoms with Gasteiger partial charge in [0.15, 0.2) is 0 Å². The van der Waals surface area contributed by atoms with Crippen LogP contribution in [0.1, 0.15) is 44.1 Å². The molecular weight excluding hydrogens is 356 g/mol. The van der Waals surface area contributed by atoms with E-state index in [9.17, 15) is 9.59 Å². The molecule has 3 fully saturated rings. The van der Waals surface area contributed by atoms with Gasteiger partial charge in [-0.1, -0.05) is 12.1 Å². The zero-order chi connectivity index (χ0) is 19.8. The number of hydrogen-bond acceptors (Lipinski definition) is 4. The molecule has 6 nitrogen and oxygen atoms in total. The number of likely N-dealkylation sites (tertiary alicyclic amines) is 1. The first-order chi connectivity index (χ1) is 13.5. The number of carbonyl (C=O) groups excluding carboxylic acids is 2. The molecule has 0 radical (unpaired) electrons. The van der Waals surface area contributed by atoms with Crippen molar-refractivity contribution in [2.45, 2.75) is 50.0 Å². The molecule has 1 aromatic rings. The maximum absolute atomic E-state index is 13.3. The number of methoxy groups -OCH3 is 2. The molecule has 2 saturated carbocycles. The van der Waals surface area contributed by atoms with Gasteiger partial charge >= 0.3 is 0 Å². The lowest BCUT2D eigenvalue weighted by Crippen LogP contribution is -2.60. The van der Waals surface area contributed by atoms with Crippen LogP contribution in [-0.4, -0.2) is 56.7 Å². The largest absolute Gasteiger partial charge is 0.497 e. The molecule has 1 aliphatic heterocycles. The van der Waals surface area contributed by atoms with Crippen LogP contribution in [0.2, 0.25) is 0 Å². The first-order valence-electron chi connectivity index (χ1n) is 10.3. The SMILES string of the molecule is COCC(=O)NC1CCC12CCN(C(=O)C1(c3ccc(OC)cc3)CC1)CC2. The van der Waals surface area contributed by atoms with Gasteiger partial charge in [0.05, 0.1) is 12.5 Å². The van der Waals surface area contributed by atoms with E-state index in [0.717, 1.165) is 62.9 Å². The summed E-state index contributed by atoms with van der Waals surface area (Å²) in [5.41, 5.74) is 0.936. The van der Waals surface area contributed by atoms with Crippen LogP contribution in [0.3, 0.4) is 0 Å². The Morgan fingerprint density at radius 3 is 2.25 bits per heavy atom. The van der Waals surface area contributed by atoms with Crippen molar-refractivity contribution in [3.8, 4) is 5.75 Å². The molecule has 1 unspecified atom stereocenters. The Morgan fingerprint density at radius 2 is 1.75 bits per heavy atom. The quantitative estimate of drug-likeness (QED) is 0.814. The zero-order valence-corrected chi connectivity index (χ0v) is 16.8. The van der Waals surface area contributed by atoms with Crippen LogP contribution in [0.5, 0.6) is 5.75 Å². The molecule has 2 aliphatic carbocycles. The number of piperidine rings is 1. The highest BCUT2D eigenvalue weighted by Crippen LogP contribution is 2.53. The predicted molar refractivity (Wildman–Crippen MR) is 105 cm³/mol. The van der Waals surface area contributed by atoms with Crippen molar-refractivity contribution in [1.82, 2.24) is 10.2 Å². The third-order valence-electron chi connectivity index (χ3n) is 7.13. The smallest absolute Gasteiger partial charge is 0.246 e. The molecule has 1 N–H and O–H groups in total. The molecule has 28 heavy (non-hydrogen) atoms. The molecule has 4 rings (SSSR count). The second-order valence-corrected chi connectivity index (χ2v) is 8.56. The van der Waals surface area contributed by atoms with Gasteiger partial charge in [0.2, 0.25) is 11.8 Å². The second kappa shape index (κ2) is 7.39. The number of hydrogen-bond donors (Lipinski definition) is 1. The van der Waals surface area contributed by atoms with Crippen molar-refractivity contribution in [1.29, 1.82) is 0 Å². The highest BCUT2D eigenvalue weighted by Gasteiger charge is 2.55. The molecule has 2 amide bonds. The number of nitrogens with one attached hydrogen (secondary N) is 1. The molecule has 152 valence electrons. The maximum Gasteiger partial charge on any atom is 0.246 e. The minimum atomic E-state index is -0.331. The third kappa shape index (κ3) is 3.28. The lowest BCUT2D eigenvalue weighted by molar-refractivity contribution is -0.140. The van der Waals surface area contributed by atoms with E-state index in [0.29, 0.717) is 0 Å². The molecule has 0 bridgehead atoms. The molecule has 1 aromatic carbocycles. The van der Waals surface area contributed by atoms with Gasteiger partial charge in [0.1, 0.15) is 12.4 Å². The van der Waals surface area contributed by atoms with Gasteiger partial charge in [0, 0.05) is 26.2 Å². The van der Waals surface area contributed by atoms with Crippen LogP contribution in [0.25, 0.3) is 0 Å². The van der Waals surface area contributed by atoms with Gasteiger partial charge in [0.25, 0.3) is 0 Å². The molecular formula is C22H30N2O4. The van der Waals surface area contributed by atoms with Crippen molar-refractivity contribution in [3.63, 3.8) is 0 Å². The van der Waals surface area contributed by atoms with E-state index in [1.807, 2.05) is 24.3 Å². The Balaban J connectivity index is 1.37. The summed E-state index contributed by atoms with van der Waals surface area (Å²) in [6.45, 7) is 1.68. The van der Waals surface area contributed by atoms with E-state index in [1.54, 1.807) is 7.11 Å². The van der Waals surface area contributed by atoms with Crippen LogP contribution in [0.4, 0.5) is 0 Å². The standard InChI is InChI=1S/C22H30N2O4/c1-27-15-19(25)23-18-7-8-21(18)11-13-24(14-12-21)20(26)22(9-10-22)16-3-5-17(28-2)6-4-16/h3-6,18H,7-15H2,1-2H3,(H,23,25). The lowest BCUT2D eigenvalue weighted by atomic mass is 9.59. The van der Waals surface area contributed by atoms with Gasteiger partial charge in [-0.15, -0.1) is 0 Å². The summed E-state index contributed by atoms with van der Waals surface area (Å²) in [7, 11) is 3.19. The van der Waals surface area contributed by atoms with Crippen molar-refractivity contribution >= 4 is 11.8 Å². The van der Waals surface area contributed by atoms with Crippen molar-refractivity contribution < 1.29 is 19.1 Å². The van der Waals surface area contributed by atoms with Gasteiger partial charge in [-0.05, 0) is 61.6 Å². The summed E-state index contributed by atoms with van der Waals surface area (Å²) in [5.74, 6) is 1.05. The first kappa shape index (κ1) is 19.2. The molecule has 1 saturated heterocycles. The Morgan fingerprint density at radius 1 is 1.07 bits per heavy atom. The molecule has 3 aliphatic rings. The van der Waals surface area contributed by atoms with E-state index < -0.39 is 0 Å². The van der Waals surface area contributed by atoms with E-state index in [-0.39, 0.29) is 35.3 Å².